The fraction of sp³-hybridized carbons (Fsp3) is 0.545. The molecule has 0 spiro atoms. The van der Waals surface area contributed by atoms with E-state index in [9.17, 15) is 19.2 Å². The lowest BCUT2D eigenvalue weighted by atomic mass is 9.68. The van der Waals surface area contributed by atoms with Gasteiger partial charge in [-0.05, 0) is 44.1 Å². The summed E-state index contributed by atoms with van der Waals surface area (Å²) in [7, 11) is 0. The Balaban J connectivity index is 1.88. The van der Waals surface area contributed by atoms with Crippen molar-refractivity contribution in [1.82, 2.24) is 5.32 Å². The van der Waals surface area contributed by atoms with Gasteiger partial charge in [-0.1, -0.05) is 30.3 Å². The molecule has 3 rings (SSSR count). The van der Waals surface area contributed by atoms with Crippen LogP contribution in [0.5, 0.6) is 0 Å². The minimum Gasteiger partial charge on any atom is -0.466 e. The molecule has 0 aliphatic heterocycles. The first-order valence-corrected chi connectivity index (χ1v) is 10.3. The van der Waals surface area contributed by atoms with Gasteiger partial charge in [-0.2, -0.15) is 0 Å². The summed E-state index contributed by atoms with van der Waals surface area (Å²) in [6.07, 6.45) is 0.836. The van der Waals surface area contributed by atoms with Crippen LogP contribution in [0.1, 0.15) is 32.3 Å². The van der Waals surface area contributed by atoms with Gasteiger partial charge in [0, 0.05) is 5.92 Å². The average molecular weight is 417 g/mol. The Bertz CT molecular complexity index is 796. The lowest BCUT2D eigenvalue weighted by Crippen LogP contribution is -2.66. The zero-order valence-corrected chi connectivity index (χ0v) is 17.2. The van der Waals surface area contributed by atoms with Gasteiger partial charge in [0.1, 0.15) is 12.9 Å². The van der Waals surface area contributed by atoms with Crippen LogP contribution in [0.4, 0.5) is 4.79 Å². The number of alkyl carbamates (subject to hydrolysis) is 1. The summed E-state index contributed by atoms with van der Waals surface area (Å²) in [5.74, 6) is -3.51. The van der Waals surface area contributed by atoms with Crippen LogP contribution in [-0.4, -0.2) is 43.1 Å². The third kappa shape index (κ3) is 3.91. The van der Waals surface area contributed by atoms with Crippen molar-refractivity contribution >= 4 is 24.3 Å². The van der Waals surface area contributed by atoms with Crippen LogP contribution in [0, 0.1) is 23.7 Å². The molecule has 0 aromatic heterocycles. The van der Waals surface area contributed by atoms with E-state index in [1.807, 2.05) is 30.3 Å². The number of carbonyl (C=O) groups is 4. The molecule has 1 amide bonds. The van der Waals surface area contributed by atoms with Crippen molar-refractivity contribution in [3.63, 3.8) is 0 Å². The second-order valence-electron chi connectivity index (χ2n) is 7.64. The standard InChI is InChI=1S/C22H27NO7/c1-3-28-19(25)18-17-11-16(10-15(17)12-24)22(18,20(26)29-4-2)23-21(27)30-13-14-8-6-5-7-9-14/h5-9,12,15-18H,3-4,10-11,13H2,1-2H3,(H,23,27)/t15-,16+,17+,18+,22+/m1/s1. The van der Waals surface area contributed by atoms with Crippen molar-refractivity contribution in [1.29, 1.82) is 0 Å². The lowest BCUT2D eigenvalue weighted by Gasteiger charge is -2.41. The summed E-state index contributed by atoms with van der Waals surface area (Å²) in [6.45, 7) is 3.54. The predicted molar refractivity (Wildman–Crippen MR) is 105 cm³/mol. The lowest BCUT2D eigenvalue weighted by molar-refractivity contribution is -0.168. The maximum absolute atomic E-state index is 13.1. The molecule has 30 heavy (non-hydrogen) atoms. The van der Waals surface area contributed by atoms with E-state index in [1.165, 1.54) is 0 Å². The Morgan fingerprint density at radius 1 is 1.07 bits per heavy atom. The number of esters is 2. The first-order chi connectivity index (χ1) is 14.5. The van der Waals surface area contributed by atoms with Crippen molar-refractivity contribution in [2.45, 2.75) is 38.8 Å². The van der Waals surface area contributed by atoms with E-state index in [0.29, 0.717) is 12.8 Å². The molecule has 2 saturated carbocycles. The highest BCUT2D eigenvalue weighted by Gasteiger charge is 2.70. The number of carbonyl (C=O) groups excluding carboxylic acids is 4. The maximum Gasteiger partial charge on any atom is 0.408 e. The molecule has 5 atom stereocenters. The molecule has 1 N–H and O–H groups in total. The van der Waals surface area contributed by atoms with E-state index in [4.69, 9.17) is 14.2 Å². The quantitative estimate of drug-likeness (QED) is 0.393. The van der Waals surface area contributed by atoms with Gasteiger partial charge in [-0.15, -0.1) is 0 Å². The number of benzene rings is 1. The van der Waals surface area contributed by atoms with Crippen LogP contribution in [0.25, 0.3) is 0 Å². The van der Waals surface area contributed by atoms with Gasteiger partial charge in [-0.25, -0.2) is 9.59 Å². The van der Waals surface area contributed by atoms with Gasteiger partial charge in [0.15, 0.2) is 5.54 Å². The van der Waals surface area contributed by atoms with Crippen LogP contribution in [-0.2, 0) is 35.2 Å². The van der Waals surface area contributed by atoms with Crippen LogP contribution >= 0.6 is 0 Å². The van der Waals surface area contributed by atoms with E-state index in [-0.39, 0.29) is 25.7 Å². The highest BCUT2D eigenvalue weighted by atomic mass is 16.6. The molecule has 2 fully saturated rings. The first-order valence-electron chi connectivity index (χ1n) is 10.3. The van der Waals surface area contributed by atoms with Crippen molar-refractivity contribution in [3.05, 3.63) is 35.9 Å². The molecule has 1 aromatic rings. The molecule has 8 heteroatoms. The first kappa shape index (κ1) is 21.8. The monoisotopic (exact) mass is 417 g/mol. The van der Waals surface area contributed by atoms with Crippen molar-refractivity contribution in [2.24, 2.45) is 23.7 Å². The fourth-order valence-electron chi connectivity index (χ4n) is 4.90. The summed E-state index contributed by atoms with van der Waals surface area (Å²) in [4.78, 5) is 50.1. The molecule has 0 radical (unpaired) electrons. The molecule has 0 saturated heterocycles. The van der Waals surface area contributed by atoms with Gasteiger partial charge in [0.2, 0.25) is 0 Å². The van der Waals surface area contributed by atoms with Gasteiger partial charge in [0.05, 0.1) is 19.1 Å². The van der Waals surface area contributed by atoms with Crippen molar-refractivity contribution in [2.75, 3.05) is 13.2 Å². The summed E-state index contributed by atoms with van der Waals surface area (Å²) < 4.78 is 15.8. The Morgan fingerprint density at radius 2 is 1.77 bits per heavy atom. The molecule has 1 aromatic carbocycles. The smallest absolute Gasteiger partial charge is 0.408 e. The van der Waals surface area contributed by atoms with Crippen LogP contribution in [0.15, 0.2) is 30.3 Å². The number of ether oxygens (including phenoxy) is 3. The number of nitrogens with one attached hydrogen (secondary N) is 1. The topological polar surface area (TPSA) is 108 Å². The van der Waals surface area contributed by atoms with E-state index < -0.39 is 41.3 Å². The Labute approximate surface area is 175 Å². The summed E-state index contributed by atoms with van der Waals surface area (Å²) in [6, 6.07) is 9.11. The van der Waals surface area contributed by atoms with E-state index in [0.717, 1.165) is 11.8 Å². The molecule has 0 unspecified atom stereocenters. The summed E-state index contributed by atoms with van der Waals surface area (Å²) >= 11 is 0. The minimum atomic E-state index is -1.61. The van der Waals surface area contributed by atoms with Crippen molar-refractivity contribution in [3.8, 4) is 0 Å². The second kappa shape index (κ2) is 9.28. The summed E-state index contributed by atoms with van der Waals surface area (Å²) in [5, 5.41) is 2.66. The zero-order valence-electron chi connectivity index (χ0n) is 17.2. The molecule has 2 aliphatic rings. The molecule has 8 nitrogen and oxygen atoms in total. The number of hydrogen-bond acceptors (Lipinski definition) is 7. The summed E-state index contributed by atoms with van der Waals surface area (Å²) in [5.41, 5.74) is -0.825. The van der Waals surface area contributed by atoms with Crippen LogP contribution in [0.3, 0.4) is 0 Å². The van der Waals surface area contributed by atoms with Crippen LogP contribution < -0.4 is 5.32 Å². The SMILES string of the molecule is CCOC(=O)[C@@H]1[C@H]2C[C@H](C[C@@H]2C=O)[C@@]1(NC(=O)OCc1ccccc1)C(=O)OCC. The molecular formula is C22H27NO7. The van der Waals surface area contributed by atoms with E-state index in [2.05, 4.69) is 5.32 Å². The Kier molecular flexibility index (Phi) is 6.74. The van der Waals surface area contributed by atoms with Crippen LogP contribution in [0.2, 0.25) is 0 Å². The average Bonchev–Trinajstić information content (AvgIpc) is 3.30. The highest BCUT2D eigenvalue weighted by Crippen LogP contribution is 2.57. The number of aldehydes is 1. The number of fused-ring (bicyclic) bond motifs is 2. The highest BCUT2D eigenvalue weighted by molar-refractivity contribution is 5.94. The second-order valence-corrected chi connectivity index (χ2v) is 7.64. The molecule has 2 aliphatic carbocycles. The molecule has 162 valence electrons. The predicted octanol–water partition coefficient (Wildman–Crippen LogP) is 2.25. The third-order valence-electron chi connectivity index (χ3n) is 6.08. The zero-order chi connectivity index (χ0) is 21.7. The Morgan fingerprint density at radius 3 is 2.40 bits per heavy atom. The fourth-order valence-corrected chi connectivity index (χ4v) is 4.90. The molecular weight excluding hydrogens is 390 g/mol. The maximum atomic E-state index is 13.1. The third-order valence-corrected chi connectivity index (χ3v) is 6.08. The normalized spacial score (nSPS) is 29.1. The molecule has 2 bridgehead atoms. The minimum absolute atomic E-state index is 0.0146. The number of hydrogen-bond donors (Lipinski definition) is 1. The number of rotatable bonds is 8. The van der Waals surface area contributed by atoms with Gasteiger partial charge in [-0.3, -0.25) is 4.79 Å². The van der Waals surface area contributed by atoms with E-state index in [1.54, 1.807) is 13.8 Å². The van der Waals surface area contributed by atoms with Gasteiger partial charge < -0.3 is 24.3 Å². The van der Waals surface area contributed by atoms with Gasteiger partial charge in [0.25, 0.3) is 0 Å². The van der Waals surface area contributed by atoms with E-state index >= 15 is 0 Å². The number of amides is 1. The van der Waals surface area contributed by atoms with Gasteiger partial charge >= 0.3 is 18.0 Å². The largest absolute Gasteiger partial charge is 0.466 e. The molecule has 0 heterocycles. The van der Waals surface area contributed by atoms with Crippen molar-refractivity contribution < 1.29 is 33.4 Å². The Hall–Kier alpha value is -2.90.